The number of carboxylic acids is 1. The van der Waals surface area contributed by atoms with E-state index in [2.05, 4.69) is 0 Å². The van der Waals surface area contributed by atoms with E-state index in [-0.39, 0.29) is 0 Å². The first-order chi connectivity index (χ1) is 14.4. The lowest BCUT2D eigenvalue weighted by Gasteiger charge is -2.24. The topological polar surface area (TPSA) is 70.3 Å². The van der Waals surface area contributed by atoms with Crippen molar-refractivity contribution >= 4 is 17.6 Å². The zero-order chi connectivity index (χ0) is 23.0. The lowest BCUT2D eigenvalue weighted by molar-refractivity contribution is -0.139. The summed E-state index contributed by atoms with van der Waals surface area (Å²) in [6.45, 7) is 3.05. The van der Waals surface area contributed by atoms with Gasteiger partial charge in [-0.25, -0.2) is 0 Å². The monoisotopic (exact) mass is 449 g/mol. The highest BCUT2D eigenvalue weighted by Crippen LogP contribution is 2.76. The Morgan fingerprint density at radius 2 is 1.81 bits per heavy atom. The van der Waals surface area contributed by atoms with Gasteiger partial charge in [-0.3, -0.25) is 4.79 Å². The number of carboxylic acid groups (broad SMARTS) is 1. The van der Waals surface area contributed by atoms with Crippen molar-refractivity contribution in [3.63, 3.8) is 0 Å². The van der Waals surface area contributed by atoms with Crippen LogP contribution < -0.4 is 4.74 Å². The number of allylic oxidation sites excluding steroid dienone is 2. The van der Waals surface area contributed by atoms with E-state index in [4.69, 9.17) is 16.3 Å². The number of para-hydroxylation sites is 1. The molecule has 1 aliphatic rings. The number of halogens is 4. The number of hydrogen-bond donors (Lipinski definition) is 1. The molecule has 2 aromatic carbocycles. The van der Waals surface area contributed by atoms with Gasteiger partial charge in [0.15, 0.2) is 0 Å². The third-order valence-corrected chi connectivity index (χ3v) is 6.22. The lowest BCUT2D eigenvalue weighted by Crippen LogP contribution is -2.21. The molecular formula is C23H19ClF3NO3. The summed E-state index contributed by atoms with van der Waals surface area (Å²) < 4.78 is 45.4. The summed E-state index contributed by atoms with van der Waals surface area (Å²) in [5.74, 6) is -2.79. The zero-order valence-corrected chi connectivity index (χ0v) is 17.4. The minimum Gasteiger partial charge on any atom is -0.481 e. The van der Waals surface area contributed by atoms with Crippen molar-refractivity contribution in [2.24, 2.45) is 16.7 Å². The van der Waals surface area contributed by atoms with Gasteiger partial charge >= 0.3 is 12.1 Å². The maximum Gasteiger partial charge on any atom is 0.426 e. The van der Waals surface area contributed by atoms with Crippen LogP contribution in [0.15, 0.2) is 65.7 Å². The zero-order valence-electron chi connectivity index (χ0n) is 16.7. The molecular weight excluding hydrogens is 431 g/mol. The van der Waals surface area contributed by atoms with Crippen LogP contribution >= 0.6 is 11.6 Å². The Hall–Kier alpha value is -2.98. The number of nitrogens with zero attached hydrogens (tertiary/aromatic N) is 1. The Morgan fingerprint density at radius 1 is 1.19 bits per heavy atom. The highest BCUT2D eigenvalue weighted by molar-refractivity contribution is 6.30. The first kappa shape index (κ1) is 22.7. The number of hydrogen-bond acceptors (Lipinski definition) is 3. The van der Waals surface area contributed by atoms with Crippen LogP contribution in [0.5, 0.6) is 11.5 Å². The number of rotatable bonds is 6. The van der Waals surface area contributed by atoms with Crippen molar-refractivity contribution in [3.8, 4) is 17.6 Å². The minimum absolute atomic E-state index is 0.343. The number of aliphatic carboxylic acids is 1. The van der Waals surface area contributed by atoms with Gasteiger partial charge in [-0.05, 0) is 35.2 Å². The Labute approximate surface area is 182 Å². The van der Waals surface area contributed by atoms with Crippen molar-refractivity contribution in [2.45, 2.75) is 25.9 Å². The Morgan fingerprint density at radius 3 is 2.32 bits per heavy atom. The summed E-state index contributed by atoms with van der Waals surface area (Å²) in [5, 5.41) is 18.2. The van der Waals surface area contributed by atoms with E-state index in [1.807, 2.05) is 12.1 Å². The molecule has 1 saturated carbocycles. The van der Waals surface area contributed by atoms with Crippen LogP contribution in [-0.4, -0.2) is 17.3 Å². The van der Waals surface area contributed by atoms with Crippen LogP contribution in [0.25, 0.3) is 0 Å². The van der Waals surface area contributed by atoms with E-state index in [9.17, 15) is 28.3 Å². The van der Waals surface area contributed by atoms with Crippen molar-refractivity contribution in [1.29, 1.82) is 5.26 Å². The van der Waals surface area contributed by atoms with Crippen LogP contribution in [0.1, 0.15) is 25.3 Å². The normalized spacial score (nSPS) is 23.5. The van der Waals surface area contributed by atoms with Crippen LogP contribution in [0, 0.1) is 28.1 Å². The molecule has 0 amide bonds. The molecule has 3 atom stereocenters. The van der Waals surface area contributed by atoms with E-state index >= 15 is 0 Å². The summed E-state index contributed by atoms with van der Waals surface area (Å²) in [4.78, 5) is 11.9. The second-order valence-electron chi connectivity index (χ2n) is 7.97. The molecule has 31 heavy (non-hydrogen) atoms. The van der Waals surface area contributed by atoms with Gasteiger partial charge in [-0.15, -0.1) is 0 Å². The summed E-state index contributed by atoms with van der Waals surface area (Å²) in [6, 6.07) is 17.2. The van der Waals surface area contributed by atoms with Crippen molar-refractivity contribution < 1.29 is 27.8 Å². The number of ether oxygens (including phenoxy) is 1. The fourth-order valence-electron chi connectivity index (χ4n) is 4.37. The maximum absolute atomic E-state index is 13.2. The predicted octanol–water partition coefficient (Wildman–Crippen LogP) is 6.50. The van der Waals surface area contributed by atoms with Gasteiger partial charge in [0.2, 0.25) is 0 Å². The molecule has 0 aliphatic heterocycles. The number of nitriles is 1. The Kier molecular flexibility index (Phi) is 5.81. The summed E-state index contributed by atoms with van der Waals surface area (Å²) in [6.07, 6.45) is -4.15. The van der Waals surface area contributed by atoms with Crippen molar-refractivity contribution in [3.05, 3.63) is 71.3 Å². The van der Waals surface area contributed by atoms with E-state index in [1.54, 1.807) is 42.5 Å². The molecule has 1 N–H and O–H groups in total. The first-order valence-electron chi connectivity index (χ1n) is 9.36. The van der Waals surface area contributed by atoms with Gasteiger partial charge in [0.25, 0.3) is 0 Å². The number of carbonyl (C=O) groups is 1. The lowest BCUT2D eigenvalue weighted by atomic mass is 9.78. The Bertz CT molecular complexity index is 1060. The van der Waals surface area contributed by atoms with Gasteiger partial charge in [-0.1, -0.05) is 61.9 Å². The molecule has 1 aliphatic carbocycles. The third kappa shape index (κ3) is 4.00. The van der Waals surface area contributed by atoms with Gasteiger partial charge in [0.1, 0.15) is 16.5 Å². The molecule has 0 saturated heterocycles. The fourth-order valence-corrected chi connectivity index (χ4v) is 4.55. The molecule has 0 radical (unpaired) electrons. The standard InChI is InChI=1S/C23H19ClF3NO3/c1-21(2)19(20(29)30)22(21,12-18(24)23(25,26)27)17(13-28)14-7-6-10-16(11-14)31-15-8-4-3-5-9-15/h3-12,17,19H,1-2H3,(H,29,30)/t17?,19-,22+/m0/s1. The second-order valence-corrected chi connectivity index (χ2v) is 8.37. The highest BCUT2D eigenvalue weighted by atomic mass is 35.5. The van der Waals surface area contributed by atoms with Gasteiger partial charge < -0.3 is 9.84 Å². The number of benzene rings is 2. The average molecular weight is 450 g/mol. The van der Waals surface area contributed by atoms with E-state index in [0.29, 0.717) is 23.1 Å². The predicted molar refractivity (Wildman–Crippen MR) is 109 cm³/mol. The first-order valence-corrected chi connectivity index (χ1v) is 9.73. The Balaban J connectivity index is 2.09. The van der Waals surface area contributed by atoms with Crippen molar-refractivity contribution in [2.75, 3.05) is 0 Å². The highest BCUT2D eigenvalue weighted by Gasteiger charge is 2.77. The number of alkyl halides is 3. The molecule has 2 aromatic rings. The van der Waals surface area contributed by atoms with E-state index < -0.39 is 39.8 Å². The maximum atomic E-state index is 13.2. The summed E-state index contributed by atoms with van der Waals surface area (Å²) in [5.41, 5.74) is -2.44. The van der Waals surface area contributed by atoms with E-state index in [0.717, 1.165) is 0 Å². The molecule has 0 heterocycles. The average Bonchev–Trinajstić information content (AvgIpc) is 3.17. The molecule has 3 rings (SSSR count). The largest absolute Gasteiger partial charge is 0.481 e. The van der Waals surface area contributed by atoms with E-state index in [1.165, 1.54) is 19.9 Å². The quantitative estimate of drug-likeness (QED) is 0.546. The molecule has 162 valence electrons. The van der Waals surface area contributed by atoms with Gasteiger partial charge in [0.05, 0.1) is 17.9 Å². The summed E-state index contributed by atoms with van der Waals surface area (Å²) in [7, 11) is 0. The summed E-state index contributed by atoms with van der Waals surface area (Å²) >= 11 is 5.51. The molecule has 0 bridgehead atoms. The van der Waals surface area contributed by atoms with Gasteiger partial charge in [0, 0.05) is 5.41 Å². The third-order valence-electron chi connectivity index (χ3n) is 5.89. The van der Waals surface area contributed by atoms with Crippen LogP contribution in [0.4, 0.5) is 13.2 Å². The van der Waals surface area contributed by atoms with Crippen LogP contribution in [-0.2, 0) is 4.79 Å². The fraction of sp³-hybridized carbons (Fsp3) is 0.304. The SMILES string of the molecule is CC1(C)[C@H](C(=O)O)[C@@]1(C=C(Cl)C(F)(F)F)C(C#N)c1cccc(Oc2ccccc2)c1. The smallest absolute Gasteiger partial charge is 0.426 e. The molecule has 1 fully saturated rings. The van der Waals surface area contributed by atoms with Crippen LogP contribution in [0.3, 0.4) is 0 Å². The molecule has 8 heteroatoms. The molecule has 0 aromatic heterocycles. The molecule has 1 unspecified atom stereocenters. The second kappa shape index (κ2) is 7.93. The molecule has 0 spiro atoms. The van der Waals surface area contributed by atoms with Crippen LogP contribution in [0.2, 0.25) is 0 Å². The van der Waals surface area contributed by atoms with Crippen molar-refractivity contribution in [1.82, 2.24) is 0 Å². The minimum atomic E-state index is -4.85. The molecule has 4 nitrogen and oxygen atoms in total. The van der Waals surface area contributed by atoms with Gasteiger partial charge in [-0.2, -0.15) is 18.4 Å².